The molecular formula is C19H24N4O. The normalized spacial score (nSPS) is 20.8. The second-order valence-corrected chi connectivity index (χ2v) is 6.69. The Morgan fingerprint density at radius 3 is 2.25 bits per heavy atom. The number of nitrogens with zero attached hydrogens (tertiary/aromatic N) is 3. The predicted molar refractivity (Wildman–Crippen MR) is 92.6 cm³/mol. The Morgan fingerprint density at radius 1 is 1.04 bits per heavy atom. The summed E-state index contributed by atoms with van der Waals surface area (Å²) in [5.41, 5.74) is 1.88. The predicted octanol–water partition coefficient (Wildman–Crippen LogP) is 2.88. The number of ether oxygens (including phenoxy) is 1. The van der Waals surface area contributed by atoms with Crippen molar-refractivity contribution in [1.82, 2.24) is 4.90 Å². The van der Waals surface area contributed by atoms with Gasteiger partial charge >= 0.3 is 0 Å². The lowest BCUT2D eigenvalue weighted by molar-refractivity contribution is -0.0318. The first-order valence-corrected chi connectivity index (χ1v) is 8.79. The van der Waals surface area contributed by atoms with Crippen LogP contribution in [0, 0.1) is 22.7 Å². The van der Waals surface area contributed by atoms with Crippen molar-refractivity contribution < 1.29 is 4.74 Å². The third-order valence-electron chi connectivity index (χ3n) is 5.37. The van der Waals surface area contributed by atoms with Gasteiger partial charge in [0.1, 0.15) is 12.1 Å². The summed E-state index contributed by atoms with van der Waals surface area (Å²) in [4.78, 5) is 2.56. The molecule has 3 rings (SSSR count). The van der Waals surface area contributed by atoms with E-state index in [4.69, 9.17) is 4.74 Å². The van der Waals surface area contributed by atoms with E-state index < -0.39 is 0 Å². The highest BCUT2D eigenvalue weighted by Crippen LogP contribution is 2.35. The quantitative estimate of drug-likeness (QED) is 0.922. The average Bonchev–Trinajstić information content (AvgIpc) is 2.67. The number of nitrogens with one attached hydrogen (secondary N) is 1. The van der Waals surface area contributed by atoms with Crippen molar-refractivity contribution in [3.63, 3.8) is 0 Å². The number of anilines is 1. The topological polar surface area (TPSA) is 72.1 Å². The van der Waals surface area contributed by atoms with E-state index in [1.807, 2.05) is 0 Å². The Morgan fingerprint density at radius 2 is 1.67 bits per heavy atom. The van der Waals surface area contributed by atoms with Crippen molar-refractivity contribution in [2.75, 3.05) is 38.2 Å². The summed E-state index contributed by atoms with van der Waals surface area (Å²) in [6, 6.07) is 9.71. The van der Waals surface area contributed by atoms with Crippen LogP contribution in [0.3, 0.4) is 0 Å². The number of benzene rings is 1. The maximum atomic E-state index is 9.36. The van der Waals surface area contributed by atoms with Gasteiger partial charge in [-0.05, 0) is 25.0 Å². The van der Waals surface area contributed by atoms with Gasteiger partial charge in [0, 0.05) is 25.2 Å². The van der Waals surface area contributed by atoms with Crippen LogP contribution >= 0.6 is 0 Å². The Balaban J connectivity index is 1.82. The zero-order valence-electron chi connectivity index (χ0n) is 14.1. The van der Waals surface area contributed by atoms with Crippen LogP contribution in [0.2, 0.25) is 0 Å². The number of nitriles is 2. The van der Waals surface area contributed by atoms with Gasteiger partial charge in [0.25, 0.3) is 0 Å². The van der Waals surface area contributed by atoms with Crippen molar-refractivity contribution in [1.29, 1.82) is 10.5 Å². The van der Waals surface area contributed by atoms with E-state index in [-0.39, 0.29) is 5.54 Å². The molecule has 1 aromatic rings. The minimum absolute atomic E-state index is 0.108. The van der Waals surface area contributed by atoms with Gasteiger partial charge in [-0.2, -0.15) is 10.5 Å². The van der Waals surface area contributed by atoms with Crippen molar-refractivity contribution >= 4 is 5.69 Å². The van der Waals surface area contributed by atoms with Gasteiger partial charge in [-0.15, -0.1) is 0 Å². The SMILES string of the molecule is N#Cc1cccc(C#N)c1NCC1(N2CCOCC2)CCCCC1. The van der Waals surface area contributed by atoms with Gasteiger partial charge in [-0.25, -0.2) is 0 Å². The van der Waals surface area contributed by atoms with Crippen LogP contribution in [0.1, 0.15) is 43.2 Å². The molecule has 5 nitrogen and oxygen atoms in total. The first-order valence-electron chi connectivity index (χ1n) is 8.79. The van der Waals surface area contributed by atoms with E-state index in [0.29, 0.717) is 16.8 Å². The molecule has 1 aliphatic heterocycles. The van der Waals surface area contributed by atoms with Crippen molar-refractivity contribution in [2.24, 2.45) is 0 Å². The molecule has 1 N–H and O–H groups in total. The molecule has 2 aliphatic rings. The Labute approximate surface area is 143 Å². The highest BCUT2D eigenvalue weighted by Gasteiger charge is 2.38. The molecular weight excluding hydrogens is 300 g/mol. The van der Waals surface area contributed by atoms with Crippen LogP contribution in [0.15, 0.2) is 18.2 Å². The number of hydrogen-bond donors (Lipinski definition) is 1. The van der Waals surface area contributed by atoms with E-state index in [0.717, 1.165) is 45.7 Å². The molecule has 1 saturated carbocycles. The molecule has 2 fully saturated rings. The minimum Gasteiger partial charge on any atom is -0.381 e. The number of morpholine rings is 1. The molecule has 0 radical (unpaired) electrons. The zero-order valence-corrected chi connectivity index (χ0v) is 14.1. The maximum absolute atomic E-state index is 9.36. The summed E-state index contributed by atoms with van der Waals surface area (Å²) in [5.74, 6) is 0. The molecule has 5 heteroatoms. The van der Waals surface area contributed by atoms with Gasteiger partial charge in [-0.1, -0.05) is 25.3 Å². The van der Waals surface area contributed by atoms with Crippen LogP contribution in [0.4, 0.5) is 5.69 Å². The molecule has 0 atom stereocenters. The van der Waals surface area contributed by atoms with Crippen molar-refractivity contribution in [3.05, 3.63) is 29.3 Å². The number of hydrogen-bond acceptors (Lipinski definition) is 5. The van der Waals surface area contributed by atoms with Crippen LogP contribution in [0.25, 0.3) is 0 Å². The minimum atomic E-state index is 0.108. The molecule has 0 amide bonds. The highest BCUT2D eigenvalue weighted by atomic mass is 16.5. The van der Waals surface area contributed by atoms with E-state index in [9.17, 15) is 10.5 Å². The smallest absolute Gasteiger partial charge is 0.101 e. The van der Waals surface area contributed by atoms with Crippen LogP contribution in [-0.4, -0.2) is 43.3 Å². The van der Waals surface area contributed by atoms with E-state index >= 15 is 0 Å². The monoisotopic (exact) mass is 324 g/mol. The molecule has 0 bridgehead atoms. The van der Waals surface area contributed by atoms with Gasteiger partial charge in [0.15, 0.2) is 0 Å². The largest absolute Gasteiger partial charge is 0.381 e. The van der Waals surface area contributed by atoms with E-state index in [2.05, 4.69) is 22.4 Å². The molecule has 1 aliphatic carbocycles. The molecule has 24 heavy (non-hydrogen) atoms. The summed E-state index contributed by atoms with van der Waals surface area (Å²) >= 11 is 0. The van der Waals surface area contributed by atoms with Gasteiger partial charge < -0.3 is 10.1 Å². The molecule has 0 aromatic heterocycles. The van der Waals surface area contributed by atoms with Crippen molar-refractivity contribution in [2.45, 2.75) is 37.6 Å². The highest BCUT2D eigenvalue weighted by molar-refractivity contribution is 5.66. The van der Waals surface area contributed by atoms with Crippen molar-refractivity contribution in [3.8, 4) is 12.1 Å². The Hall–Kier alpha value is -2.08. The fourth-order valence-electron chi connectivity index (χ4n) is 4.03. The number of para-hydroxylation sites is 1. The lowest BCUT2D eigenvalue weighted by Gasteiger charge is -2.48. The van der Waals surface area contributed by atoms with Gasteiger partial charge in [0.2, 0.25) is 0 Å². The van der Waals surface area contributed by atoms with Gasteiger partial charge in [0.05, 0.1) is 30.0 Å². The fourth-order valence-corrected chi connectivity index (χ4v) is 4.03. The molecule has 1 saturated heterocycles. The van der Waals surface area contributed by atoms with Crippen LogP contribution < -0.4 is 5.32 Å². The number of rotatable bonds is 4. The Kier molecular flexibility index (Phi) is 5.35. The standard InChI is InChI=1S/C19H24N4O/c20-13-16-5-4-6-17(14-21)18(16)22-15-19(7-2-1-3-8-19)23-9-11-24-12-10-23/h4-6,22H,1-3,7-12,15H2. The summed E-state index contributed by atoms with van der Waals surface area (Å²) in [7, 11) is 0. The van der Waals surface area contributed by atoms with Crippen LogP contribution in [-0.2, 0) is 4.74 Å². The second kappa shape index (κ2) is 7.66. The van der Waals surface area contributed by atoms with E-state index in [1.54, 1.807) is 18.2 Å². The fraction of sp³-hybridized carbons (Fsp3) is 0.579. The summed E-state index contributed by atoms with van der Waals surface area (Å²) in [6.07, 6.45) is 6.10. The Bertz CT molecular complexity index is 614. The summed E-state index contributed by atoms with van der Waals surface area (Å²) in [5, 5.41) is 22.2. The lowest BCUT2D eigenvalue weighted by Crippen LogP contribution is -2.58. The third kappa shape index (κ3) is 3.38. The van der Waals surface area contributed by atoms with Crippen LogP contribution in [0.5, 0.6) is 0 Å². The maximum Gasteiger partial charge on any atom is 0.101 e. The zero-order chi connectivity index (χ0) is 16.8. The molecule has 126 valence electrons. The van der Waals surface area contributed by atoms with Gasteiger partial charge in [-0.3, -0.25) is 4.90 Å². The first-order chi connectivity index (χ1) is 11.8. The summed E-state index contributed by atoms with van der Waals surface area (Å²) in [6.45, 7) is 4.29. The molecule has 1 aromatic carbocycles. The molecule has 0 unspecified atom stereocenters. The third-order valence-corrected chi connectivity index (χ3v) is 5.37. The average molecular weight is 324 g/mol. The lowest BCUT2D eigenvalue weighted by atomic mass is 9.79. The van der Waals surface area contributed by atoms with E-state index in [1.165, 1.54) is 19.3 Å². The first kappa shape index (κ1) is 16.8. The summed E-state index contributed by atoms with van der Waals surface area (Å²) < 4.78 is 5.52. The molecule has 1 heterocycles. The second-order valence-electron chi connectivity index (χ2n) is 6.69. The molecule has 0 spiro atoms.